The van der Waals surface area contributed by atoms with Crippen LogP contribution in [0.15, 0.2) is 18.6 Å². The van der Waals surface area contributed by atoms with Gasteiger partial charge in [-0.1, -0.05) is 13.8 Å². The summed E-state index contributed by atoms with van der Waals surface area (Å²) in [6, 6.07) is 3.63. The second-order valence-corrected chi connectivity index (χ2v) is 14.1. The number of ether oxygens (including phenoxy) is 1. The van der Waals surface area contributed by atoms with Gasteiger partial charge in [-0.3, -0.25) is 4.79 Å². The van der Waals surface area contributed by atoms with E-state index in [-0.39, 0.29) is 34.9 Å². The number of sulfone groups is 1. The summed E-state index contributed by atoms with van der Waals surface area (Å²) in [4.78, 5) is 33.1. The number of nitriles is 1. The minimum absolute atomic E-state index is 0.0681. The Morgan fingerprint density at radius 1 is 1.15 bits per heavy atom. The number of aromatic nitrogens is 3. The summed E-state index contributed by atoms with van der Waals surface area (Å²) < 4.78 is 29.2. The van der Waals surface area contributed by atoms with Crippen molar-refractivity contribution in [3.63, 3.8) is 0 Å². The molecular weight excluding hydrogens is 518 g/mol. The van der Waals surface area contributed by atoms with Crippen LogP contribution < -0.4 is 14.5 Å². The van der Waals surface area contributed by atoms with Crippen LogP contribution in [0.4, 0.5) is 17.3 Å². The van der Waals surface area contributed by atoms with Crippen LogP contribution in [-0.4, -0.2) is 83.0 Å². The van der Waals surface area contributed by atoms with Crippen LogP contribution in [0, 0.1) is 11.3 Å². The van der Waals surface area contributed by atoms with E-state index in [1.165, 1.54) is 0 Å². The SMILES string of the molecule is CCOc1cc(N2CC(C)(C)c3c2ncnc3N2C[C@@H](C)N(C(=O)[C@@]3(C)CCS3(=O)=O)C[C@@H]2C)cnc1C#N. The summed E-state index contributed by atoms with van der Waals surface area (Å²) in [5, 5.41) is 9.42. The molecule has 208 valence electrons. The lowest BCUT2D eigenvalue weighted by Gasteiger charge is -2.49. The predicted molar refractivity (Wildman–Crippen MR) is 147 cm³/mol. The Kier molecular flexibility index (Phi) is 6.49. The minimum Gasteiger partial charge on any atom is -0.491 e. The first kappa shape index (κ1) is 27.1. The zero-order valence-corrected chi connectivity index (χ0v) is 24.1. The normalized spacial score (nSPS) is 26.9. The molecule has 2 aromatic heterocycles. The van der Waals surface area contributed by atoms with E-state index in [2.05, 4.69) is 39.7 Å². The van der Waals surface area contributed by atoms with Crippen LogP contribution in [0.1, 0.15) is 59.2 Å². The van der Waals surface area contributed by atoms with Crippen molar-refractivity contribution in [2.75, 3.05) is 41.8 Å². The number of anilines is 3. The van der Waals surface area contributed by atoms with Gasteiger partial charge in [0, 0.05) is 48.8 Å². The molecule has 3 aliphatic rings. The first-order chi connectivity index (χ1) is 18.3. The molecule has 2 fully saturated rings. The molecule has 0 radical (unpaired) electrons. The molecule has 0 aliphatic carbocycles. The van der Waals surface area contributed by atoms with Crippen molar-refractivity contribution in [1.29, 1.82) is 5.26 Å². The maximum absolute atomic E-state index is 13.4. The fraction of sp³-hybridized carbons (Fsp3) is 0.593. The van der Waals surface area contributed by atoms with Crippen molar-refractivity contribution in [3.8, 4) is 11.8 Å². The molecule has 0 N–H and O–H groups in total. The Balaban J connectivity index is 1.47. The molecule has 1 amide bonds. The number of nitrogens with zero attached hydrogens (tertiary/aromatic N) is 7. The summed E-state index contributed by atoms with van der Waals surface area (Å²) in [7, 11) is -3.41. The minimum atomic E-state index is -3.41. The molecule has 12 heteroatoms. The summed E-state index contributed by atoms with van der Waals surface area (Å²) in [6.45, 7) is 13.7. The number of rotatable bonds is 5. The van der Waals surface area contributed by atoms with Gasteiger partial charge in [-0.2, -0.15) is 5.26 Å². The van der Waals surface area contributed by atoms with Gasteiger partial charge in [-0.25, -0.2) is 23.4 Å². The van der Waals surface area contributed by atoms with Gasteiger partial charge in [0.15, 0.2) is 21.3 Å². The van der Waals surface area contributed by atoms with E-state index in [9.17, 15) is 18.5 Å². The van der Waals surface area contributed by atoms with Crippen molar-refractivity contribution >= 4 is 33.1 Å². The average Bonchev–Trinajstić information content (AvgIpc) is 3.19. The molecule has 0 unspecified atom stereocenters. The van der Waals surface area contributed by atoms with E-state index in [0.29, 0.717) is 38.4 Å². The highest BCUT2D eigenvalue weighted by atomic mass is 32.2. The summed E-state index contributed by atoms with van der Waals surface area (Å²) in [6.07, 6.45) is 3.59. The molecule has 0 bridgehead atoms. The van der Waals surface area contributed by atoms with Gasteiger partial charge in [0.2, 0.25) is 5.91 Å². The van der Waals surface area contributed by atoms with Crippen molar-refractivity contribution in [1.82, 2.24) is 19.9 Å². The van der Waals surface area contributed by atoms with E-state index in [1.807, 2.05) is 26.8 Å². The first-order valence-electron chi connectivity index (χ1n) is 13.3. The van der Waals surface area contributed by atoms with E-state index >= 15 is 0 Å². The largest absolute Gasteiger partial charge is 0.491 e. The molecule has 3 aliphatic heterocycles. The molecular formula is C27H35N7O4S. The van der Waals surface area contributed by atoms with E-state index in [4.69, 9.17) is 9.72 Å². The molecule has 0 aromatic carbocycles. The highest BCUT2D eigenvalue weighted by Gasteiger charge is 2.57. The van der Waals surface area contributed by atoms with Crippen LogP contribution in [0.5, 0.6) is 5.75 Å². The topological polar surface area (TPSA) is 133 Å². The van der Waals surface area contributed by atoms with Crippen LogP contribution in [0.25, 0.3) is 0 Å². The molecule has 3 atom stereocenters. The number of pyridine rings is 1. The third-order valence-electron chi connectivity index (χ3n) is 8.35. The molecule has 0 spiro atoms. The number of carbonyl (C=O) groups is 1. The Morgan fingerprint density at radius 3 is 2.49 bits per heavy atom. The van der Waals surface area contributed by atoms with Crippen molar-refractivity contribution in [2.45, 2.75) is 70.2 Å². The first-order valence-corrected chi connectivity index (χ1v) is 15.0. The van der Waals surface area contributed by atoms with Gasteiger partial charge in [0.1, 0.15) is 28.8 Å². The molecule has 11 nitrogen and oxygen atoms in total. The Hall–Kier alpha value is -3.46. The van der Waals surface area contributed by atoms with Gasteiger partial charge < -0.3 is 19.4 Å². The summed E-state index contributed by atoms with van der Waals surface area (Å²) >= 11 is 0. The molecule has 5 rings (SSSR count). The smallest absolute Gasteiger partial charge is 0.244 e. The summed E-state index contributed by atoms with van der Waals surface area (Å²) in [5.74, 6) is 1.78. The predicted octanol–water partition coefficient (Wildman–Crippen LogP) is 2.57. The number of fused-ring (bicyclic) bond motifs is 1. The van der Waals surface area contributed by atoms with Gasteiger partial charge >= 0.3 is 0 Å². The third kappa shape index (κ3) is 4.18. The molecule has 39 heavy (non-hydrogen) atoms. The zero-order valence-electron chi connectivity index (χ0n) is 23.3. The lowest BCUT2D eigenvalue weighted by Crippen LogP contribution is -2.66. The van der Waals surface area contributed by atoms with Gasteiger partial charge in [-0.05, 0) is 34.1 Å². The van der Waals surface area contributed by atoms with Crippen LogP contribution in [0.3, 0.4) is 0 Å². The zero-order chi connectivity index (χ0) is 28.3. The number of carbonyl (C=O) groups excluding carboxylic acids is 1. The van der Waals surface area contributed by atoms with Gasteiger partial charge in [0.25, 0.3) is 0 Å². The monoisotopic (exact) mass is 553 g/mol. The summed E-state index contributed by atoms with van der Waals surface area (Å²) in [5.41, 5.74) is 1.71. The fourth-order valence-corrected chi connectivity index (χ4v) is 7.45. The molecule has 0 saturated carbocycles. The van der Waals surface area contributed by atoms with Crippen LogP contribution in [-0.2, 0) is 20.0 Å². The maximum Gasteiger partial charge on any atom is 0.244 e. The second-order valence-electron chi connectivity index (χ2n) is 11.6. The number of amides is 1. The van der Waals surface area contributed by atoms with E-state index in [0.717, 1.165) is 22.9 Å². The lowest BCUT2D eigenvalue weighted by atomic mass is 9.87. The van der Waals surface area contributed by atoms with Crippen molar-refractivity contribution in [3.05, 3.63) is 29.8 Å². The molecule has 5 heterocycles. The van der Waals surface area contributed by atoms with E-state index in [1.54, 1.807) is 24.3 Å². The number of hydrogen-bond donors (Lipinski definition) is 0. The van der Waals surface area contributed by atoms with Crippen molar-refractivity contribution < 1.29 is 17.9 Å². The second kappa shape index (κ2) is 9.33. The van der Waals surface area contributed by atoms with E-state index < -0.39 is 14.6 Å². The molecule has 2 saturated heterocycles. The third-order valence-corrected chi connectivity index (χ3v) is 10.8. The number of piperazine rings is 1. The van der Waals surface area contributed by atoms with Crippen LogP contribution >= 0.6 is 0 Å². The van der Waals surface area contributed by atoms with Gasteiger partial charge in [0.05, 0.1) is 24.2 Å². The lowest BCUT2D eigenvalue weighted by molar-refractivity contribution is -0.137. The quantitative estimate of drug-likeness (QED) is 0.544. The highest BCUT2D eigenvalue weighted by molar-refractivity contribution is 7.95. The Morgan fingerprint density at radius 2 is 1.87 bits per heavy atom. The standard InChI is InChI=1S/C27H35N7O4S/c1-7-38-21-10-19(12-29-20(21)11-28)34-15-26(4,5)22-23(30-16-31-24(22)34)32-13-18(3)33(14-17(32)2)25(35)27(6)8-9-39(27,36)37/h10,12,16-18H,7-9,13-15H2,1-6H3/t17-,18+,27+/m0/s1. The van der Waals surface area contributed by atoms with Gasteiger partial charge in [-0.15, -0.1) is 0 Å². The van der Waals surface area contributed by atoms with Crippen molar-refractivity contribution in [2.24, 2.45) is 0 Å². The fourth-order valence-electron chi connectivity index (χ4n) is 5.91. The van der Waals surface area contributed by atoms with Crippen LogP contribution in [0.2, 0.25) is 0 Å². The highest BCUT2D eigenvalue weighted by Crippen LogP contribution is 2.48. The average molecular weight is 554 g/mol. The Bertz CT molecular complexity index is 1470. The number of hydrogen-bond acceptors (Lipinski definition) is 10. The Labute approximate surface area is 229 Å². The molecule has 2 aromatic rings. The maximum atomic E-state index is 13.4.